The van der Waals surface area contributed by atoms with Gasteiger partial charge in [0.2, 0.25) is 0 Å². The Balaban J connectivity index is 1.81. The molecular formula is C12H17N3O. The summed E-state index contributed by atoms with van der Waals surface area (Å²) in [5.41, 5.74) is 6.86. The number of nitrogens with two attached hydrogens (primary N) is 1. The van der Waals surface area contributed by atoms with Gasteiger partial charge in [-0.05, 0) is 24.0 Å². The van der Waals surface area contributed by atoms with Crippen LogP contribution in [0.5, 0.6) is 0 Å². The molecule has 0 spiro atoms. The van der Waals surface area contributed by atoms with Crippen LogP contribution in [-0.2, 0) is 6.54 Å². The van der Waals surface area contributed by atoms with E-state index in [0.29, 0.717) is 12.2 Å². The van der Waals surface area contributed by atoms with Crippen molar-refractivity contribution < 1.29 is 4.79 Å². The summed E-state index contributed by atoms with van der Waals surface area (Å²) >= 11 is 0. The van der Waals surface area contributed by atoms with Crippen molar-refractivity contribution in [3.8, 4) is 0 Å². The quantitative estimate of drug-likeness (QED) is 0.778. The Morgan fingerprint density at radius 2 is 2.31 bits per heavy atom. The van der Waals surface area contributed by atoms with Crippen molar-refractivity contribution in [2.45, 2.75) is 25.8 Å². The number of aromatic nitrogens is 1. The highest BCUT2D eigenvalue weighted by Gasteiger charge is 2.20. The lowest BCUT2D eigenvalue weighted by Gasteiger charge is -2.04. The first-order chi connectivity index (χ1) is 7.79. The van der Waals surface area contributed by atoms with Gasteiger partial charge in [0.1, 0.15) is 5.69 Å². The molecule has 2 rings (SSSR count). The molecule has 4 nitrogen and oxygen atoms in total. The fourth-order valence-electron chi connectivity index (χ4n) is 1.57. The highest BCUT2D eigenvalue weighted by molar-refractivity contribution is 5.92. The third-order valence-electron chi connectivity index (χ3n) is 2.83. The van der Waals surface area contributed by atoms with Crippen molar-refractivity contribution in [1.29, 1.82) is 0 Å². The normalized spacial score (nSPS) is 14.8. The van der Waals surface area contributed by atoms with E-state index in [0.717, 1.165) is 24.4 Å². The summed E-state index contributed by atoms with van der Waals surface area (Å²) in [5.74, 6) is 0.747. The first kappa shape index (κ1) is 11.1. The van der Waals surface area contributed by atoms with E-state index in [2.05, 4.69) is 10.3 Å². The Morgan fingerprint density at radius 1 is 1.50 bits per heavy atom. The Kier molecular flexibility index (Phi) is 3.51. The van der Waals surface area contributed by atoms with Crippen LogP contribution in [0.3, 0.4) is 0 Å². The van der Waals surface area contributed by atoms with Crippen LogP contribution in [0.1, 0.15) is 35.3 Å². The summed E-state index contributed by atoms with van der Waals surface area (Å²) in [5, 5.41) is 2.88. The Bertz CT molecular complexity index is 357. The van der Waals surface area contributed by atoms with Gasteiger partial charge in [0, 0.05) is 19.3 Å². The third kappa shape index (κ3) is 3.03. The molecule has 0 radical (unpaired) electrons. The van der Waals surface area contributed by atoms with Gasteiger partial charge in [0.15, 0.2) is 0 Å². The third-order valence-corrected chi connectivity index (χ3v) is 2.83. The summed E-state index contributed by atoms with van der Waals surface area (Å²) in [6.45, 7) is 1.21. The highest BCUT2D eigenvalue weighted by Crippen LogP contribution is 2.31. The predicted octanol–water partition coefficient (Wildman–Crippen LogP) is 1.07. The van der Waals surface area contributed by atoms with Gasteiger partial charge in [-0.3, -0.25) is 9.78 Å². The number of hydrogen-bond acceptors (Lipinski definition) is 3. The first-order valence-electron chi connectivity index (χ1n) is 5.73. The lowest BCUT2D eigenvalue weighted by molar-refractivity contribution is 0.0947. The average Bonchev–Trinajstić information content (AvgIpc) is 3.13. The smallest absolute Gasteiger partial charge is 0.269 e. The Labute approximate surface area is 95.3 Å². The largest absolute Gasteiger partial charge is 0.351 e. The number of hydrogen-bond donors (Lipinski definition) is 2. The lowest BCUT2D eigenvalue weighted by Crippen LogP contribution is -2.25. The topological polar surface area (TPSA) is 68.0 Å². The van der Waals surface area contributed by atoms with Crippen LogP contribution in [0.15, 0.2) is 18.3 Å². The summed E-state index contributed by atoms with van der Waals surface area (Å²) in [6, 6.07) is 3.55. The molecule has 1 aromatic rings. The van der Waals surface area contributed by atoms with Gasteiger partial charge in [-0.1, -0.05) is 18.9 Å². The molecule has 3 N–H and O–H groups in total. The van der Waals surface area contributed by atoms with E-state index in [9.17, 15) is 4.79 Å². The molecule has 1 fully saturated rings. The van der Waals surface area contributed by atoms with E-state index >= 15 is 0 Å². The second-order valence-electron chi connectivity index (χ2n) is 4.24. The molecular weight excluding hydrogens is 202 g/mol. The zero-order valence-electron chi connectivity index (χ0n) is 9.28. The number of nitrogens with one attached hydrogen (secondary N) is 1. The maximum absolute atomic E-state index is 11.6. The second kappa shape index (κ2) is 5.07. The van der Waals surface area contributed by atoms with E-state index in [1.54, 1.807) is 12.3 Å². The lowest BCUT2D eigenvalue weighted by atomic mass is 10.2. The van der Waals surface area contributed by atoms with Gasteiger partial charge in [0.05, 0.1) is 0 Å². The molecule has 0 unspecified atom stereocenters. The predicted molar refractivity (Wildman–Crippen MR) is 61.8 cm³/mol. The molecule has 1 aliphatic rings. The molecule has 16 heavy (non-hydrogen) atoms. The van der Waals surface area contributed by atoms with Crippen molar-refractivity contribution >= 4 is 5.91 Å². The molecule has 1 aromatic heterocycles. The maximum atomic E-state index is 11.6. The van der Waals surface area contributed by atoms with Gasteiger partial charge >= 0.3 is 0 Å². The van der Waals surface area contributed by atoms with Gasteiger partial charge in [0.25, 0.3) is 5.91 Å². The maximum Gasteiger partial charge on any atom is 0.269 e. The van der Waals surface area contributed by atoms with Crippen molar-refractivity contribution in [2.75, 3.05) is 6.54 Å². The average molecular weight is 219 g/mol. The molecule has 0 bridgehead atoms. The van der Waals surface area contributed by atoms with E-state index < -0.39 is 0 Å². The second-order valence-corrected chi connectivity index (χ2v) is 4.24. The van der Waals surface area contributed by atoms with E-state index in [1.165, 1.54) is 12.8 Å². The van der Waals surface area contributed by atoms with Crippen molar-refractivity contribution in [3.05, 3.63) is 29.6 Å². The molecule has 0 aromatic carbocycles. The number of nitrogens with zero attached hydrogens (tertiary/aromatic N) is 1. The monoisotopic (exact) mass is 219 g/mol. The Morgan fingerprint density at radius 3 is 2.88 bits per heavy atom. The SMILES string of the molecule is NCc1ccc(C(=O)NCCC2CC2)nc1. The number of amides is 1. The van der Waals surface area contributed by atoms with Crippen LogP contribution in [0.2, 0.25) is 0 Å². The molecule has 1 saturated carbocycles. The Hall–Kier alpha value is -1.42. The summed E-state index contributed by atoms with van der Waals surface area (Å²) < 4.78 is 0. The van der Waals surface area contributed by atoms with Gasteiger partial charge in [-0.25, -0.2) is 0 Å². The van der Waals surface area contributed by atoms with Crippen molar-refractivity contribution in [3.63, 3.8) is 0 Å². The number of carbonyl (C=O) groups excluding carboxylic acids is 1. The van der Waals surface area contributed by atoms with Crippen LogP contribution in [0.4, 0.5) is 0 Å². The van der Waals surface area contributed by atoms with Crippen molar-refractivity contribution in [1.82, 2.24) is 10.3 Å². The molecule has 0 saturated heterocycles. The van der Waals surface area contributed by atoms with Crippen LogP contribution in [-0.4, -0.2) is 17.4 Å². The number of rotatable bonds is 5. The number of pyridine rings is 1. The summed E-state index contributed by atoms with van der Waals surface area (Å²) in [6.07, 6.45) is 5.38. The summed E-state index contributed by atoms with van der Waals surface area (Å²) in [4.78, 5) is 15.7. The standard InChI is InChI=1S/C12H17N3O/c13-7-10-3-4-11(15-8-10)12(16)14-6-5-9-1-2-9/h3-4,8-9H,1-2,5-7,13H2,(H,14,16). The molecule has 0 atom stereocenters. The van der Waals surface area contributed by atoms with Crippen molar-refractivity contribution in [2.24, 2.45) is 11.7 Å². The fraction of sp³-hybridized carbons (Fsp3) is 0.500. The minimum atomic E-state index is -0.0933. The zero-order chi connectivity index (χ0) is 11.4. The van der Waals surface area contributed by atoms with Gasteiger partial charge in [-0.15, -0.1) is 0 Å². The van der Waals surface area contributed by atoms with Crippen LogP contribution in [0, 0.1) is 5.92 Å². The van der Waals surface area contributed by atoms with E-state index in [4.69, 9.17) is 5.73 Å². The fourth-order valence-corrected chi connectivity index (χ4v) is 1.57. The molecule has 86 valence electrons. The van der Waals surface area contributed by atoms with Gasteiger partial charge in [-0.2, -0.15) is 0 Å². The zero-order valence-corrected chi connectivity index (χ0v) is 9.28. The molecule has 1 aliphatic carbocycles. The number of carbonyl (C=O) groups is 1. The minimum Gasteiger partial charge on any atom is -0.351 e. The van der Waals surface area contributed by atoms with Gasteiger partial charge < -0.3 is 11.1 Å². The van der Waals surface area contributed by atoms with Crippen LogP contribution < -0.4 is 11.1 Å². The minimum absolute atomic E-state index is 0.0933. The van der Waals surface area contributed by atoms with E-state index in [-0.39, 0.29) is 5.91 Å². The first-order valence-corrected chi connectivity index (χ1v) is 5.73. The highest BCUT2D eigenvalue weighted by atomic mass is 16.1. The van der Waals surface area contributed by atoms with Crippen LogP contribution >= 0.6 is 0 Å². The van der Waals surface area contributed by atoms with E-state index in [1.807, 2.05) is 6.07 Å². The molecule has 4 heteroatoms. The molecule has 1 heterocycles. The summed E-state index contributed by atoms with van der Waals surface area (Å²) in [7, 11) is 0. The van der Waals surface area contributed by atoms with Crippen LogP contribution in [0.25, 0.3) is 0 Å². The molecule has 0 aliphatic heterocycles. The molecule has 1 amide bonds.